The minimum absolute atomic E-state index is 0.0510. The maximum atomic E-state index is 11.7. The molecular formula is C14H14N2O3S. The van der Waals surface area contributed by atoms with Crippen LogP contribution in [-0.2, 0) is 4.79 Å². The average Bonchev–Trinajstić information content (AvgIpc) is 2.95. The van der Waals surface area contributed by atoms with Gasteiger partial charge in [0.15, 0.2) is 5.76 Å². The van der Waals surface area contributed by atoms with Crippen LogP contribution in [0.15, 0.2) is 47.1 Å². The zero-order valence-electron chi connectivity index (χ0n) is 10.9. The third-order valence-corrected chi connectivity index (χ3v) is 3.00. The highest BCUT2D eigenvalue weighted by Gasteiger charge is 2.08. The zero-order valence-corrected chi connectivity index (χ0v) is 11.7. The van der Waals surface area contributed by atoms with Crippen LogP contribution >= 0.6 is 11.8 Å². The van der Waals surface area contributed by atoms with Crippen molar-refractivity contribution in [2.24, 2.45) is 0 Å². The van der Waals surface area contributed by atoms with Gasteiger partial charge in [0.05, 0.1) is 12.0 Å². The van der Waals surface area contributed by atoms with E-state index in [4.69, 9.17) is 4.42 Å². The van der Waals surface area contributed by atoms with E-state index in [9.17, 15) is 9.59 Å². The number of carbonyl (C=O) groups is 2. The SMILES string of the molecule is CSCC(=O)Nc1ccc(NC(=O)c2ccco2)cc1. The summed E-state index contributed by atoms with van der Waals surface area (Å²) in [6.45, 7) is 0. The molecule has 2 N–H and O–H groups in total. The van der Waals surface area contributed by atoms with Gasteiger partial charge in [-0.05, 0) is 42.7 Å². The molecule has 6 heteroatoms. The fourth-order valence-electron chi connectivity index (χ4n) is 1.57. The molecule has 0 spiro atoms. The van der Waals surface area contributed by atoms with Crippen LogP contribution in [0, 0.1) is 0 Å². The molecule has 2 amide bonds. The van der Waals surface area contributed by atoms with Gasteiger partial charge in [0.25, 0.3) is 5.91 Å². The van der Waals surface area contributed by atoms with E-state index in [0.29, 0.717) is 17.1 Å². The van der Waals surface area contributed by atoms with E-state index in [1.165, 1.54) is 18.0 Å². The Kier molecular flexibility index (Phi) is 4.84. The number of furan rings is 1. The number of benzene rings is 1. The predicted octanol–water partition coefficient (Wildman–Crippen LogP) is 2.83. The summed E-state index contributed by atoms with van der Waals surface area (Å²) in [5.74, 6) is 0.304. The van der Waals surface area contributed by atoms with Crippen molar-refractivity contribution in [2.45, 2.75) is 0 Å². The lowest BCUT2D eigenvalue weighted by Crippen LogP contribution is -2.14. The van der Waals surface area contributed by atoms with Gasteiger partial charge in [0.1, 0.15) is 0 Å². The fourth-order valence-corrected chi connectivity index (χ4v) is 1.90. The number of anilines is 2. The number of carbonyl (C=O) groups excluding carboxylic acids is 2. The zero-order chi connectivity index (χ0) is 14.4. The van der Waals surface area contributed by atoms with Crippen LogP contribution in [0.4, 0.5) is 11.4 Å². The Labute approximate surface area is 120 Å². The van der Waals surface area contributed by atoms with Crippen LogP contribution in [0.25, 0.3) is 0 Å². The van der Waals surface area contributed by atoms with Gasteiger partial charge >= 0.3 is 0 Å². The molecule has 0 saturated heterocycles. The number of hydrogen-bond acceptors (Lipinski definition) is 4. The van der Waals surface area contributed by atoms with Crippen LogP contribution < -0.4 is 10.6 Å². The van der Waals surface area contributed by atoms with Gasteiger partial charge in [-0.25, -0.2) is 0 Å². The summed E-state index contributed by atoms with van der Waals surface area (Å²) in [4.78, 5) is 23.2. The number of rotatable bonds is 5. The molecule has 5 nitrogen and oxygen atoms in total. The van der Waals surface area contributed by atoms with E-state index in [1.54, 1.807) is 36.4 Å². The molecule has 0 fully saturated rings. The van der Waals surface area contributed by atoms with E-state index in [-0.39, 0.29) is 17.6 Å². The Hall–Kier alpha value is -2.21. The summed E-state index contributed by atoms with van der Waals surface area (Å²) < 4.78 is 5.00. The van der Waals surface area contributed by atoms with Gasteiger partial charge in [-0.3, -0.25) is 9.59 Å². The summed E-state index contributed by atoms with van der Waals surface area (Å²) in [6, 6.07) is 10.1. The molecule has 0 bridgehead atoms. The molecule has 0 saturated carbocycles. The summed E-state index contributed by atoms with van der Waals surface area (Å²) >= 11 is 1.46. The quantitative estimate of drug-likeness (QED) is 0.888. The van der Waals surface area contributed by atoms with E-state index >= 15 is 0 Å². The lowest BCUT2D eigenvalue weighted by Gasteiger charge is -2.06. The number of thioether (sulfide) groups is 1. The van der Waals surface area contributed by atoms with Crippen molar-refractivity contribution in [2.75, 3.05) is 22.6 Å². The lowest BCUT2D eigenvalue weighted by atomic mass is 10.2. The summed E-state index contributed by atoms with van der Waals surface area (Å²) in [5.41, 5.74) is 1.33. The monoisotopic (exact) mass is 290 g/mol. The Bertz CT molecular complexity index is 579. The minimum Gasteiger partial charge on any atom is -0.459 e. The molecule has 2 aromatic rings. The summed E-state index contributed by atoms with van der Waals surface area (Å²) in [6.07, 6.45) is 3.31. The van der Waals surface area contributed by atoms with E-state index < -0.39 is 0 Å². The standard InChI is InChI=1S/C14H14N2O3S/c1-20-9-13(17)15-10-4-6-11(7-5-10)16-14(18)12-3-2-8-19-12/h2-8H,9H2,1H3,(H,15,17)(H,16,18). The van der Waals surface area contributed by atoms with Crippen LogP contribution in [-0.4, -0.2) is 23.8 Å². The molecule has 0 radical (unpaired) electrons. The second-order valence-corrected chi connectivity index (χ2v) is 4.86. The van der Waals surface area contributed by atoms with Crippen LogP contribution in [0.2, 0.25) is 0 Å². The Balaban J connectivity index is 1.95. The second-order valence-electron chi connectivity index (χ2n) is 3.99. The van der Waals surface area contributed by atoms with Crippen molar-refractivity contribution in [3.63, 3.8) is 0 Å². The maximum absolute atomic E-state index is 11.7. The molecule has 1 heterocycles. The number of hydrogen-bond donors (Lipinski definition) is 2. The molecule has 20 heavy (non-hydrogen) atoms. The van der Waals surface area contributed by atoms with Crippen LogP contribution in [0.3, 0.4) is 0 Å². The van der Waals surface area contributed by atoms with Crippen molar-refractivity contribution < 1.29 is 14.0 Å². The lowest BCUT2D eigenvalue weighted by molar-refractivity contribution is -0.113. The Morgan fingerprint density at radius 2 is 1.75 bits per heavy atom. The van der Waals surface area contributed by atoms with Gasteiger partial charge < -0.3 is 15.1 Å². The predicted molar refractivity (Wildman–Crippen MR) is 80.1 cm³/mol. The molecule has 0 atom stereocenters. The molecule has 0 aliphatic carbocycles. The first-order chi connectivity index (χ1) is 9.69. The molecule has 0 aliphatic heterocycles. The highest BCUT2D eigenvalue weighted by molar-refractivity contribution is 7.99. The molecule has 1 aromatic carbocycles. The molecule has 1 aromatic heterocycles. The average molecular weight is 290 g/mol. The van der Waals surface area contributed by atoms with Gasteiger partial charge in [-0.2, -0.15) is 11.8 Å². The number of nitrogens with one attached hydrogen (secondary N) is 2. The van der Waals surface area contributed by atoms with Crippen LogP contribution in [0.5, 0.6) is 0 Å². The van der Waals surface area contributed by atoms with Gasteiger partial charge in [-0.15, -0.1) is 0 Å². The second kappa shape index (κ2) is 6.81. The summed E-state index contributed by atoms with van der Waals surface area (Å²) in [5, 5.41) is 5.46. The normalized spacial score (nSPS) is 10.1. The van der Waals surface area contributed by atoms with E-state index in [0.717, 1.165) is 0 Å². The van der Waals surface area contributed by atoms with Gasteiger partial charge in [-0.1, -0.05) is 0 Å². The molecule has 0 aliphatic rings. The highest BCUT2D eigenvalue weighted by Crippen LogP contribution is 2.15. The smallest absolute Gasteiger partial charge is 0.291 e. The molecule has 0 unspecified atom stereocenters. The molecule has 2 rings (SSSR count). The van der Waals surface area contributed by atoms with Crippen molar-refractivity contribution in [1.29, 1.82) is 0 Å². The van der Waals surface area contributed by atoms with Crippen molar-refractivity contribution >= 4 is 35.0 Å². The van der Waals surface area contributed by atoms with Crippen molar-refractivity contribution in [3.05, 3.63) is 48.4 Å². The van der Waals surface area contributed by atoms with E-state index in [1.807, 2.05) is 6.26 Å². The topological polar surface area (TPSA) is 71.3 Å². The number of amides is 2. The maximum Gasteiger partial charge on any atom is 0.291 e. The molecule has 104 valence electrons. The first kappa shape index (κ1) is 14.2. The van der Waals surface area contributed by atoms with Gasteiger partial charge in [0.2, 0.25) is 5.91 Å². The summed E-state index contributed by atoms with van der Waals surface area (Å²) in [7, 11) is 0. The van der Waals surface area contributed by atoms with Crippen molar-refractivity contribution in [3.8, 4) is 0 Å². The minimum atomic E-state index is -0.311. The van der Waals surface area contributed by atoms with Gasteiger partial charge in [0, 0.05) is 11.4 Å². The largest absolute Gasteiger partial charge is 0.459 e. The van der Waals surface area contributed by atoms with Crippen LogP contribution in [0.1, 0.15) is 10.6 Å². The van der Waals surface area contributed by atoms with E-state index in [2.05, 4.69) is 10.6 Å². The third-order valence-electron chi connectivity index (χ3n) is 2.45. The first-order valence-corrected chi connectivity index (χ1v) is 7.32. The Morgan fingerprint density at radius 3 is 2.30 bits per heavy atom. The first-order valence-electron chi connectivity index (χ1n) is 5.93. The fraction of sp³-hybridized carbons (Fsp3) is 0.143. The third kappa shape index (κ3) is 3.89. The molecular weight excluding hydrogens is 276 g/mol. The Morgan fingerprint density at radius 1 is 1.10 bits per heavy atom. The highest BCUT2D eigenvalue weighted by atomic mass is 32.2. The van der Waals surface area contributed by atoms with Crippen molar-refractivity contribution in [1.82, 2.24) is 0 Å².